The average molecular weight is 349 g/mol. The first kappa shape index (κ1) is 18.7. The smallest absolute Gasteiger partial charge is 0.343 e. The van der Waals surface area contributed by atoms with E-state index in [0.717, 1.165) is 5.92 Å². The van der Waals surface area contributed by atoms with Gasteiger partial charge in [-0.15, -0.1) is 0 Å². The van der Waals surface area contributed by atoms with E-state index in [0.29, 0.717) is 17.2 Å². The van der Waals surface area contributed by atoms with Crippen molar-refractivity contribution in [2.75, 3.05) is 0 Å². The molecule has 2 heteroatoms. The molecular formula is C24H29O2. The molecule has 0 bridgehead atoms. The normalized spacial score (nSPS) is 19.9. The summed E-state index contributed by atoms with van der Waals surface area (Å²) < 4.78 is 5.46. The van der Waals surface area contributed by atoms with E-state index in [-0.39, 0.29) is 5.97 Å². The molecule has 2 aromatic carbocycles. The predicted octanol–water partition coefficient (Wildman–Crippen LogP) is 6.56. The van der Waals surface area contributed by atoms with Crippen LogP contribution in [0.2, 0.25) is 0 Å². The number of hydrogen-bond donors (Lipinski definition) is 0. The summed E-state index contributed by atoms with van der Waals surface area (Å²) in [4.78, 5) is 12.1. The van der Waals surface area contributed by atoms with Crippen molar-refractivity contribution >= 4 is 5.97 Å². The lowest BCUT2D eigenvalue weighted by molar-refractivity contribution is 0.0734. The fourth-order valence-corrected chi connectivity index (χ4v) is 3.96. The minimum atomic E-state index is -0.320. The van der Waals surface area contributed by atoms with Crippen molar-refractivity contribution in [1.82, 2.24) is 0 Å². The van der Waals surface area contributed by atoms with Gasteiger partial charge in [-0.05, 0) is 73.4 Å². The number of carbonyl (C=O) groups excluding carboxylic acids is 1. The molecule has 0 heterocycles. The molecule has 2 nitrogen and oxygen atoms in total. The Hall–Kier alpha value is -2.09. The number of benzene rings is 2. The van der Waals surface area contributed by atoms with Gasteiger partial charge < -0.3 is 4.74 Å². The largest absolute Gasteiger partial charge is 0.423 e. The highest BCUT2D eigenvalue weighted by Crippen LogP contribution is 2.38. The van der Waals surface area contributed by atoms with E-state index in [1.165, 1.54) is 56.9 Å². The van der Waals surface area contributed by atoms with Crippen LogP contribution in [0.1, 0.15) is 80.1 Å². The van der Waals surface area contributed by atoms with Gasteiger partial charge in [-0.1, -0.05) is 56.9 Å². The van der Waals surface area contributed by atoms with Crippen LogP contribution in [-0.2, 0) is 0 Å². The zero-order valence-electron chi connectivity index (χ0n) is 15.7. The molecule has 1 aliphatic rings. The Balaban J connectivity index is 1.50. The Morgan fingerprint density at radius 2 is 1.69 bits per heavy atom. The van der Waals surface area contributed by atoms with E-state index in [1.54, 1.807) is 24.3 Å². The summed E-state index contributed by atoms with van der Waals surface area (Å²) in [6.45, 7) is 2.27. The Kier molecular flexibility index (Phi) is 6.88. The molecule has 137 valence electrons. The second-order valence-electron chi connectivity index (χ2n) is 7.46. The van der Waals surface area contributed by atoms with Crippen LogP contribution < -0.4 is 4.74 Å². The van der Waals surface area contributed by atoms with Crippen molar-refractivity contribution in [3.05, 3.63) is 65.7 Å². The second kappa shape index (κ2) is 9.56. The maximum Gasteiger partial charge on any atom is 0.343 e. The zero-order valence-corrected chi connectivity index (χ0v) is 15.7. The number of hydrogen-bond acceptors (Lipinski definition) is 2. The van der Waals surface area contributed by atoms with E-state index >= 15 is 0 Å². The molecule has 0 N–H and O–H groups in total. The van der Waals surface area contributed by atoms with Crippen LogP contribution in [0.5, 0.6) is 5.75 Å². The van der Waals surface area contributed by atoms with Gasteiger partial charge in [-0.3, -0.25) is 0 Å². The van der Waals surface area contributed by atoms with Gasteiger partial charge in [-0.2, -0.15) is 0 Å². The number of esters is 1. The van der Waals surface area contributed by atoms with E-state index in [2.05, 4.69) is 25.1 Å². The molecule has 0 unspecified atom stereocenters. The number of rotatable bonds is 7. The van der Waals surface area contributed by atoms with Gasteiger partial charge in [0.2, 0.25) is 0 Å². The molecular weight excluding hydrogens is 320 g/mol. The van der Waals surface area contributed by atoms with Crippen LogP contribution in [0.25, 0.3) is 0 Å². The van der Waals surface area contributed by atoms with Crippen molar-refractivity contribution in [3.63, 3.8) is 0 Å². The summed E-state index contributed by atoms with van der Waals surface area (Å²) in [6.07, 6.45) is 10.8. The number of ether oxygens (including phenoxy) is 1. The highest BCUT2D eigenvalue weighted by atomic mass is 16.5. The molecule has 1 radical (unpaired) electrons. The van der Waals surface area contributed by atoms with Gasteiger partial charge in [0.05, 0.1) is 5.56 Å². The van der Waals surface area contributed by atoms with Crippen LogP contribution in [0.3, 0.4) is 0 Å². The fraction of sp³-hybridized carbons (Fsp3) is 0.458. The fourth-order valence-electron chi connectivity index (χ4n) is 3.96. The third kappa shape index (κ3) is 5.20. The summed E-state index contributed by atoms with van der Waals surface area (Å²) in [5.74, 6) is 1.88. The highest BCUT2D eigenvalue weighted by molar-refractivity contribution is 5.90. The summed E-state index contributed by atoms with van der Waals surface area (Å²) in [5, 5.41) is 0. The molecule has 1 aliphatic carbocycles. The van der Waals surface area contributed by atoms with Gasteiger partial charge in [0, 0.05) is 0 Å². The standard InChI is InChI=1S/C24H29O2/c1-2-3-5-8-19-11-13-20(14-12-19)21-15-17-23(18-16-21)26-24(25)22-9-6-4-7-10-22/h6-7,9-10,15-20H,2-3,5,8,11-14H2,1H3. The van der Waals surface area contributed by atoms with Crippen LogP contribution in [0, 0.1) is 12.0 Å². The Labute approximate surface area is 157 Å². The molecule has 2 aromatic rings. The van der Waals surface area contributed by atoms with Crippen molar-refractivity contribution in [1.29, 1.82) is 0 Å². The average Bonchev–Trinajstić information content (AvgIpc) is 2.70. The minimum Gasteiger partial charge on any atom is -0.423 e. The van der Waals surface area contributed by atoms with E-state index in [9.17, 15) is 4.79 Å². The number of unbranched alkanes of at least 4 members (excludes halogenated alkanes) is 2. The first-order chi connectivity index (χ1) is 12.8. The molecule has 0 aliphatic heterocycles. The van der Waals surface area contributed by atoms with Gasteiger partial charge >= 0.3 is 5.97 Å². The molecule has 3 rings (SSSR count). The monoisotopic (exact) mass is 349 g/mol. The summed E-state index contributed by atoms with van der Waals surface area (Å²) >= 11 is 0. The van der Waals surface area contributed by atoms with Crippen LogP contribution in [-0.4, -0.2) is 5.97 Å². The lowest BCUT2D eigenvalue weighted by atomic mass is 9.77. The van der Waals surface area contributed by atoms with Crippen LogP contribution in [0.15, 0.2) is 48.5 Å². The van der Waals surface area contributed by atoms with Crippen molar-refractivity contribution < 1.29 is 9.53 Å². The lowest BCUT2D eigenvalue weighted by Crippen LogP contribution is -2.13. The first-order valence-corrected chi connectivity index (χ1v) is 10.0. The molecule has 0 spiro atoms. The summed E-state index contributed by atoms with van der Waals surface area (Å²) in [5.41, 5.74) is 1.93. The zero-order chi connectivity index (χ0) is 18.2. The van der Waals surface area contributed by atoms with Crippen LogP contribution >= 0.6 is 0 Å². The van der Waals surface area contributed by atoms with Gasteiger partial charge in [0.15, 0.2) is 0 Å². The third-order valence-electron chi connectivity index (χ3n) is 5.58. The molecule has 26 heavy (non-hydrogen) atoms. The van der Waals surface area contributed by atoms with Crippen LogP contribution in [0.4, 0.5) is 0 Å². The molecule has 0 saturated heterocycles. The predicted molar refractivity (Wildman–Crippen MR) is 106 cm³/mol. The quantitative estimate of drug-likeness (QED) is 0.321. The van der Waals surface area contributed by atoms with E-state index in [1.807, 2.05) is 12.1 Å². The van der Waals surface area contributed by atoms with E-state index < -0.39 is 0 Å². The Morgan fingerprint density at radius 3 is 2.35 bits per heavy atom. The van der Waals surface area contributed by atoms with Crippen molar-refractivity contribution in [3.8, 4) is 5.75 Å². The summed E-state index contributed by atoms with van der Waals surface area (Å²) in [7, 11) is 0. The Bertz CT molecular complexity index is 667. The molecule has 1 fully saturated rings. The van der Waals surface area contributed by atoms with Gasteiger partial charge in [-0.25, -0.2) is 4.79 Å². The molecule has 0 aromatic heterocycles. The SMILES string of the molecule is CCCCCC1CCC(c2ccc(OC(=O)c3cc[c]cc3)cc2)CC1. The topological polar surface area (TPSA) is 26.3 Å². The van der Waals surface area contributed by atoms with Gasteiger partial charge in [0.25, 0.3) is 0 Å². The minimum absolute atomic E-state index is 0.320. The maximum absolute atomic E-state index is 12.1. The molecule has 0 amide bonds. The van der Waals surface area contributed by atoms with Gasteiger partial charge in [0.1, 0.15) is 5.75 Å². The Morgan fingerprint density at radius 1 is 1.00 bits per heavy atom. The third-order valence-corrected chi connectivity index (χ3v) is 5.58. The lowest BCUT2D eigenvalue weighted by Gasteiger charge is -2.29. The number of carbonyl (C=O) groups is 1. The first-order valence-electron chi connectivity index (χ1n) is 10.0. The summed E-state index contributed by atoms with van der Waals surface area (Å²) in [6, 6.07) is 17.9. The van der Waals surface area contributed by atoms with Crippen molar-refractivity contribution in [2.45, 2.75) is 64.2 Å². The molecule has 1 saturated carbocycles. The van der Waals surface area contributed by atoms with Crippen molar-refractivity contribution in [2.24, 2.45) is 5.92 Å². The second-order valence-corrected chi connectivity index (χ2v) is 7.46. The van der Waals surface area contributed by atoms with E-state index in [4.69, 9.17) is 4.74 Å². The maximum atomic E-state index is 12.1. The molecule has 0 atom stereocenters. The highest BCUT2D eigenvalue weighted by Gasteiger charge is 2.22.